The van der Waals surface area contributed by atoms with Crippen LogP contribution in [0.3, 0.4) is 0 Å². The summed E-state index contributed by atoms with van der Waals surface area (Å²) in [7, 11) is -4.25. The van der Waals surface area contributed by atoms with Gasteiger partial charge in [-0.1, -0.05) is 32.6 Å². The SMILES string of the molecule is CCCCCCCOP(=O)(F)OCC. The van der Waals surface area contributed by atoms with Gasteiger partial charge in [0.25, 0.3) is 0 Å². The Bertz CT molecular complexity index is 175. The largest absolute Gasteiger partial charge is 0.513 e. The van der Waals surface area contributed by atoms with Gasteiger partial charge in [0, 0.05) is 0 Å². The minimum absolute atomic E-state index is 0.0730. The second-order valence-electron chi connectivity index (χ2n) is 3.10. The third-order valence-corrected chi connectivity index (χ3v) is 2.83. The average molecular weight is 226 g/mol. The molecule has 0 radical (unpaired) electrons. The molecule has 0 N–H and O–H groups in total. The van der Waals surface area contributed by atoms with E-state index < -0.39 is 7.91 Å². The topological polar surface area (TPSA) is 35.5 Å². The van der Waals surface area contributed by atoms with Gasteiger partial charge < -0.3 is 0 Å². The quantitative estimate of drug-likeness (QED) is 0.439. The summed E-state index contributed by atoms with van der Waals surface area (Å²) in [6, 6.07) is 0. The summed E-state index contributed by atoms with van der Waals surface area (Å²) < 4.78 is 32.4. The Morgan fingerprint density at radius 1 is 1.07 bits per heavy atom. The van der Waals surface area contributed by atoms with Crippen LogP contribution in [0.15, 0.2) is 0 Å². The first-order chi connectivity index (χ1) is 6.62. The first kappa shape index (κ1) is 14.1. The molecule has 0 aromatic carbocycles. The fourth-order valence-electron chi connectivity index (χ4n) is 1.07. The smallest absolute Gasteiger partial charge is 0.284 e. The molecule has 0 saturated carbocycles. The van der Waals surface area contributed by atoms with Gasteiger partial charge >= 0.3 is 7.91 Å². The molecule has 0 spiro atoms. The molecule has 1 unspecified atom stereocenters. The highest BCUT2D eigenvalue weighted by molar-refractivity contribution is 7.48. The van der Waals surface area contributed by atoms with Crippen molar-refractivity contribution in [3.63, 3.8) is 0 Å². The highest BCUT2D eigenvalue weighted by Crippen LogP contribution is 2.49. The Kier molecular flexibility index (Phi) is 8.44. The van der Waals surface area contributed by atoms with Crippen LogP contribution in [0.2, 0.25) is 0 Å². The molecule has 0 rings (SSSR count). The molecule has 0 heterocycles. The maximum Gasteiger partial charge on any atom is 0.513 e. The van der Waals surface area contributed by atoms with E-state index in [1.165, 1.54) is 12.8 Å². The van der Waals surface area contributed by atoms with Crippen LogP contribution in [0.4, 0.5) is 4.20 Å². The molecule has 0 saturated heterocycles. The van der Waals surface area contributed by atoms with E-state index in [1.54, 1.807) is 6.92 Å². The predicted molar refractivity (Wildman–Crippen MR) is 55.1 cm³/mol. The van der Waals surface area contributed by atoms with Crippen LogP contribution in [-0.4, -0.2) is 13.2 Å². The van der Waals surface area contributed by atoms with E-state index >= 15 is 0 Å². The normalized spacial score (nSPS) is 15.4. The first-order valence-electron chi connectivity index (χ1n) is 5.21. The zero-order chi connectivity index (χ0) is 10.9. The molecule has 0 aromatic rings. The summed E-state index contributed by atoms with van der Waals surface area (Å²) in [6.45, 7) is 3.96. The lowest BCUT2D eigenvalue weighted by atomic mass is 10.2. The van der Waals surface area contributed by atoms with Gasteiger partial charge in [0.1, 0.15) is 0 Å². The van der Waals surface area contributed by atoms with Crippen LogP contribution in [0.1, 0.15) is 46.0 Å². The number of hydrogen-bond acceptors (Lipinski definition) is 3. The highest BCUT2D eigenvalue weighted by atomic mass is 31.2. The van der Waals surface area contributed by atoms with E-state index in [9.17, 15) is 8.76 Å². The molecule has 0 aromatic heterocycles. The van der Waals surface area contributed by atoms with Gasteiger partial charge in [-0.2, -0.15) is 0 Å². The number of unbranched alkanes of at least 4 members (excludes halogenated alkanes) is 4. The lowest BCUT2D eigenvalue weighted by molar-refractivity contribution is 0.178. The van der Waals surface area contributed by atoms with Crippen molar-refractivity contribution in [3.8, 4) is 0 Å². The summed E-state index contributed by atoms with van der Waals surface area (Å²) in [5.41, 5.74) is 0. The summed E-state index contributed by atoms with van der Waals surface area (Å²) in [6.07, 6.45) is 5.19. The maximum absolute atomic E-state index is 12.8. The highest BCUT2D eigenvalue weighted by Gasteiger charge is 2.22. The second kappa shape index (κ2) is 8.39. The van der Waals surface area contributed by atoms with Crippen molar-refractivity contribution in [2.75, 3.05) is 13.2 Å². The molecule has 0 bridgehead atoms. The van der Waals surface area contributed by atoms with Gasteiger partial charge in [-0.05, 0) is 13.3 Å². The van der Waals surface area contributed by atoms with Crippen molar-refractivity contribution in [1.29, 1.82) is 0 Å². The molecule has 3 nitrogen and oxygen atoms in total. The van der Waals surface area contributed by atoms with E-state index in [1.807, 2.05) is 0 Å². The van der Waals surface area contributed by atoms with Gasteiger partial charge in [0.05, 0.1) is 13.2 Å². The van der Waals surface area contributed by atoms with E-state index in [4.69, 9.17) is 0 Å². The van der Waals surface area contributed by atoms with E-state index in [0.717, 1.165) is 19.3 Å². The van der Waals surface area contributed by atoms with Crippen LogP contribution in [0.25, 0.3) is 0 Å². The standard InChI is InChI=1S/C9H20FO3P/c1-3-5-6-7-8-9-13-14(10,11)12-4-2/h3-9H2,1-2H3. The van der Waals surface area contributed by atoms with Gasteiger partial charge in [-0.3, -0.25) is 9.05 Å². The maximum atomic E-state index is 12.8. The summed E-state index contributed by atoms with van der Waals surface area (Å²) in [5, 5.41) is 0. The molecule has 0 aliphatic rings. The van der Waals surface area contributed by atoms with Gasteiger partial charge in [0.15, 0.2) is 0 Å². The fraction of sp³-hybridized carbons (Fsp3) is 1.00. The second-order valence-corrected chi connectivity index (χ2v) is 4.47. The summed E-state index contributed by atoms with van der Waals surface area (Å²) >= 11 is 0. The van der Waals surface area contributed by atoms with Crippen molar-refractivity contribution in [1.82, 2.24) is 0 Å². The van der Waals surface area contributed by atoms with Crippen molar-refractivity contribution >= 4 is 7.91 Å². The molecule has 14 heavy (non-hydrogen) atoms. The minimum atomic E-state index is -4.25. The lowest BCUT2D eigenvalue weighted by Crippen LogP contribution is -1.94. The number of hydrogen-bond donors (Lipinski definition) is 0. The van der Waals surface area contributed by atoms with E-state index in [2.05, 4.69) is 16.0 Å². The molecule has 0 aliphatic heterocycles. The average Bonchev–Trinajstić information content (AvgIpc) is 2.11. The Morgan fingerprint density at radius 3 is 2.29 bits per heavy atom. The van der Waals surface area contributed by atoms with Crippen molar-refractivity contribution < 1.29 is 17.8 Å². The molecule has 1 atom stereocenters. The van der Waals surface area contributed by atoms with E-state index in [0.29, 0.717) is 0 Å². The Balaban J connectivity index is 3.30. The molecule has 5 heteroatoms. The Hall–Kier alpha value is 0.0800. The van der Waals surface area contributed by atoms with Crippen molar-refractivity contribution in [2.45, 2.75) is 46.0 Å². The van der Waals surface area contributed by atoms with Gasteiger partial charge in [-0.25, -0.2) is 4.57 Å². The van der Waals surface area contributed by atoms with Crippen LogP contribution in [0.5, 0.6) is 0 Å². The van der Waals surface area contributed by atoms with Crippen molar-refractivity contribution in [2.24, 2.45) is 0 Å². The third-order valence-electron chi connectivity index (χ3n) is 1.78. The zero-order valence-electron chi connectivity index (χ0n) is 9.00. The van der Waals surface area contributed by atoms with Crippen LogP contribution >= 0.6 is 7.91 Å². The monoisotopic (exact) mass is 226 g/mol. The van der Waals surface area contributed by atoms with Crippen LogP contribution < -0.4 is 0 Å². The lowest BCUT2D eigenvalue weighted by Gasteiger charge is -2.07. The number of rotatable bonds is 9. The molecule has 86 valence electrons. The fourth-order valence-corrected chi connectivity index (χ4v) is 1.80. The molecule has 0 aliphatic carbocycles. The molecule has 0 amide bonds. The van der Waals surface area contributed by atoms with E-state index in [-0.39, 0.29) is 13.2 Å². The third kappa shape index (κ3) is 8.67. The molecular weight excluding hydrogens is 206 g/mol. The van der Waals surface area contributed by atoms with Crippen molar-refractivity contribution in [3.05, 3.63) is 0 Å². The van der Waals surface area contributed by atoms with Crippen LogP contribution in [0, 0.1) is 0 Å². The van der Waals surface area contributed by atoms with Crippen LogP contribution in [-0.2, 0) is 13.6 Å². The Morgan fingerprint density at radius 2 is 1.71 bits per heavy atom. The zero-order valence-corrected chi connectivity index (χ0v) is 9.89. The summed E-state index contributed by atoms with van der Waals surface area (Å²) in [5.74, 6) is 0. The first-order valence-corrected chi connectivity index (χ1v) is 6.64. The number of halogens is 1. The van der Waals surface area contributed by atoms with Gasteiger partial charge in [-0.15, -0.1) is 4.20 Å². The molecular formula is C9H20FO3P. The Labute approximate surface area is 85.6 Å². The summed E-state index contributed by atoms with van der Waals surface area (Å²) in [4.78, 5) is 0. The predicted octanol–water partition coefficient (Wildman–Crippen LogP) is 4.09. The molecule has 0 fully saturated rings. The minimum Gasteiger partial charge on any atom is -0.284 e. The van der Waals surface area contributed by atoms with Gasteiger partial charge in [0.2, 0.25) is 0 Å².